The molecule has 1 aromatic carbocycles. The number of nitrogens with one attached hydrogen (secondary N) is 1. The zero-order valence-corrected chi connectivity index (χ0v) is 12.9. The SMILES string of the molecule is Cc1cccc(OC(C)C(=O)NCC(C(=O)O)C(C)C)c1. The third-order valence-electron chi connectivity index (χ3n) is 3.29. The van der Waals surface area contributed by atoms with Gasteiger partial charge in [-0.1, -0.05) is 26.0 Å². The Morgan fingerprint density at radius 2 is 1.95 bits per heavy atom. The fourth-order valence-corrected chi connectivity index (χ4v) is 1.91. The highest BCUT2D eigenvalue weighted by Crippen LogP contribution is 2.14. The second-order valence-electron chi connectivity index (χ2n) is 5.51. The minimum Gasteiger partial charge on any atom is -0.481 e. The van der Waals surface area contributed by atoms with Gasteiger partial charge >= 0.3 is 5.97 Å². The molecule has 0 aromatic heterocycles. The lowest BCUT2D eigenvalue weighted by molar-refractivity contribution is -0.143. The number of hydrogen-bond acceptors (Lipinski definition) is 3. The molecule has 0 saturated heterocycles. The van der Waals surface area contributed by atoms with Crippen LogP contribution in [0.2, 0.25) is 0 Å². The number of carbonyl (C=O) groups is 2. The molecule has 0 spiro atoms. The van der Waals surface area contributed by atoms with E-state index in [1.54, 1.807) is 13.0 Å². The van der Waals surface area contributed by atoms with E-state index in [0.717, 1.165) is 5.56 Å². The standard InChI is InChI=1S/C16H23NO4/c1-10(2)14(16(19)20)9-17-15(18)12(4)21-13-7-5-6-11(3)8-13/h5-8,10,12,14H,9H2,1-4H3,(H,17,18)(H,19,20). The summed E-state index contributed by atoms with van der Waals surface area (Å²) in [6.07, 6.45) is -0.673. The Balaban J connectivity index is 2.53. The van der Waals surface area contributed by atoms with Gasteiger partial charge in [0.05, 0.1) is 5.92 Å². The quantitative estimate of drug-likeness (QED) is 0.808. The van der Waals surface area contributed by atoms with E-state index < -0.39 is 18.0 Å². The van der Waals surface area contributed by atoms with Crippen molar-refractivity contribution in [2.45, 2.75) is 33.8 Å². The van der Waals surface area contributed by atoms with E-state index in [-0.39, 0.29) is 18.4 Å². The summed E-state index contributed by atoms with van der Waals surface area (Å²) >= 11 is 0. The number of carboxylic acids is 1. The topological polar surface area (TPSA) is 75.6 Å². The van der Waals surface area contributed by atoms with Gasteiger partial charge in [-0.2, -0.15) is 0 Å². The summed E-state index contributed by atoms with van der Waals surface area (Å²) in [5.74, 6) is -1.24. The molecular weight excluding hydrogens is 270 g/mol. The lowest BCUT2D eigenvalue weighted by atomic mass is 9.96. The van der Waals surface area contributed by atoms with E-state index in [9.17, 15) is 9.59 Å². The monoisotopic (exact) mass is 293 g/mol. The Morgan fingerprint density at radius 3 is 2.48 bits per heavy atom. The molecule has 5 nitrogen and oxygen atoms in total. The molecule has 0 heterocycles. The molecule has 0 bridgehead atoms. The van der Waals surface area contributed by atoms with Gasteiger partial charge in [-0.05, 0) is 37.5 Å². The molecule has 116 valence electrons. The zero-order chi connectivity index (χ0) is 16.0. The summed E-state index contributed by atoms with van der Waals surface area (Å²) in [4.78, 5) is 23.0. The number of carbonyl (C=O) groups excluding carboxylic acids is 1. The first-order valence-corrected chi connectivity index (χ1v) is 7.05. The molecule has 21 heavy (non-hydrogen) atoms. The molecule has 1 amide bonds. The molecule has 0 radical (unpaired) electrons. The summed E-state index contributed by atoms with van der Waals surface area (Å²) in [6, 6.07) is 7.43. The maximum Gasteiger partial charge on any atom is 0.308 e. The third kappa shape index (κ3) is 5.45. The van der Waals surface area contributed by atoms with E-state index in [0.29, 0.717) is 5.75 Å². The predicted octanol–water partition coefficient (Wildman–Crippen LogP) is 2.24. The lowest BCUT2D eigenvalue weighted by Crippen LogP contribution is -2.41. The molecule has 0 fully saturated rings. The summed E-state index contributed by atoms with van der Waals surface area (Å²) < 4.78 is 5.55. The van der Waals surface area contributed by atoms with Crippen LogP contribution >= 0.6 is 0 Å². The number of amides is 1. The molecule has 2 N–H and O–H groups in total. The van der Waals surface area contributed by atoms with Gasteiger partial charge in [-0.15, -0.1) is 0 Å². The van der Waals surface area contributed by atoms with Gasteiger partial charge in [0.1, 0.15) is 5.75 Å². The maximum absolute atomic E-state index is 12.0. The Labute approximate surface area is 125 Å². The first-order chi connectivity index (χ1) is 9.81. The lowest BCUT2D eigenvalue weighted by Gasteiger charge is -2.19. The van der Waals surface area contributed by atoms with E-state index >= 15 is 0 Å². The molecule has 2 unspecified atom stereocenters. The Bertz CT molecular complexity index is 499. The molecule has 0 saturated carbocycles. The summed E-state index contributed by atoms with van der Waals surface area (Å²) in [5, 5.41) is 11.7. The average molecular weight is 293 g/mol. The van der Waals surface area contributed by atoms with Gasteiger partial charge in [0.25, 0.3) is 5.91 Å². The Kier molecular flexibility index (Phi) is 6.21. The minimum atomic E-state index is -0.905. The van der Waals surface area contributed by atoms with E-state index in [2.05, 4.69) is 5.32 Å². The molecule has 2 atom stereocenters. The van der Waals surface area contributed by atoms with Crippen LogP contribution in [0.3, 0.4) is 0 Å². The fraction of sp³-hybridized carbons (Fsp3) is 0.500. The van der Waals surface area contributed by atoms with Gasteiger partial charge in [0.2, 0.25) is 0 Å². The van der Waals surface area contributed by atoms with Gasteiger partial charge in [-0.25, -0.2) is 0 Å². The van der Waals surface area contributed by atoms with Crippen LogP contribution in [0.1, 0.15) is 26.3 Å². The van der Waals surface area contributed by atoms with Crippen LogP contribution in [0.5, 0.6) is 5.75 Å². The van der Waals surface area contributed by atoms with Crippen molar-refractivity contribution >= 4 is 11.9 Å². The van der Waals surface area contributed by atoms with E-state index in [1.165, 1.54) is 0 Å². The van der Waals surface area contributed by atoms with Crippen molar-refractivity contribution in [3.63, 3.8) is 0 Å². The normalized spacial score (nSPS) is 13.6. The van der Waals surface area contributed by atoms with Crippen LogP contribution in [0.4, 0.5) is 0 Å². The molecule has 0 aliphatic carbocycles. The smallest absolute Gasteiger partial charge is 0.308 e. The van der Waals surface area contributed by atoms with E-state index in [4.69, 9.17) is 9.84 Å². The Hall–Kier alpha value is -2.04. The van der Waals surface area contributed by atoms with Crippen molar-refractivity contribution < 1.29 is 19.4 Å². The van der Waals surface area contributed by atoms with Crippen molar-refractivity contribution in [1.29, 1.82) is 0 Å². The third-order valence-corrected chi connectivity index (χ3v) is 3.29. The Morgan fingerprint density at radius 1 is 1.29 bits per heavy atom. The van der Waals surface area contributed by atoms with Crippen LogP contribution in [0.15, 0.2) is 24.3 Å². The number of benzene rings is 1. The second kappa shape index (κ2) is 7.67. The minimum absolute atomic E-state index is 0.0456. The van der Waals surface area contributed by atoms with Gasteiger partial charge in [0, 0.05) is 6.54 Å². The number of ether oxygens (including phenoxy) is 1. The van der Waals surface area contributed by atoms with Crippen molar-refractivity contribution in [2.75, 3.05) is 6.54 Å². The van der Waals surface area contributed by atoms with Gasteiger partial charge in [0.15, 0.2) is 6.10 Å². The highest BCUT2D eigenvalue weighted by molar-refractivity contribution is 5.81. The van der Waals surface area contributed by atoms with Crippen LogP contribution in [-0.4, -0.2) is 29.6 Å². The highest BCUT2D eigenvalue weighted by atomic mass is 16.5. The summed E-state index contributed by atoms with van der Waals surface area (Å²) in [7, 11) is 0. The van der Waals surface area contributed by atoms with Crippen LogP contribution < -0.4 is 10.1 Å². The largest absolute Gasteiger partial charge is 0.481 e. The van der Waals surface area contributed by atoms with Gasteiger partial charge < -0.3 is 15.2 Å². The van der Waals surface area contributed by atoms with E-state index in [1.807, 2.05) is 39.0 Å². The molecular formula is C16H23NO4. The molecule has 1 aromatic rings. The van der Waals surface area contributed by atoms with Crippen molar-refractivity contribution in [3.8, 4) is 5.75 Å². The van der Waals surface area contributed by atoms with Crippen molar-refractivity contribution in [3.05, 3.63) is 29.8 Å². The van der Waals surface area contributed by atoms with Crippen LogP contribution in [0, 0.1) is 18.8 Å². The first kappa shape index (κ1) is 17.0. The fourth-order valence-electron chi connectivity index (χ4n) is 1.91. The molecule has 0 aliphatic heterocycles. The number of aryl methyl sites for hydroxylation is 1. The molecule has 0 aliphatic rings. The number of aliphatic carboxylic acids is 1. The first-order valence-electron chi connectivity index (χ1n) is 7.05. The van der Waals surface area contributed by atoms with Crippen LogP contribution in [0.25, 0.3) is 0 Å². The predicted molar refractivity (Wildman–Crippen MR) is 80.2 cm³/mol. The number of carboxylic acid groups (broad SMARTS) is 1. The molecule has 1 rings (SSSR count). The highest BCUT2D eigenvalue weighted by Gasteiger charge is 2.23. The summed E-state index contributed by atoms with van der Waals surface area (Å²) in [6.45, 7) is 7.32. The zero-order valence-electron chi connectivity index (χ0n) is 12.9. The molecule has 5 heteroatoms. The summed E-state index contributed by atoms with van der Waals surface area (Å²) in [5.41, 5.74) is 1.05. The van der Waals surface area contributed by atoms with Crippen molar-refractivity contribution in [1.82, 2.24) is 5.32 Å². The number of rotatable bonds is 7. The second-order valence-corrected chi connectivity index (χ2v) is 5.51. The maximum atomic E-state index is 12.0. The van der Waals surface area contributed by atoms with Gasteiger partial charge in [-0.3, -0.25) is 9.59 Å². The van der Waals surface area contributed by atoms with Crippen LogP contribution in [-0.2, 0) is 9.59 Å². The average Bonchev–Trinajstić information content (AvgIpc) is 2.37. The number of hydrogen-bond donors (Lipinski definition) is 2. The van der Waals surface area contributed by atoms with Crippen molar-refractivity contribution in [2.24, 2.45) is 11.8 Å².